The number of nitrogens with zero attached hydrogens (tertiary/aromatic N) is 1. The Labute approximate surface area is 114 Å². The van der Waals surface area contributed by atoms with Crippen LogP contribution in [-0.4, -0.2) is 30.8 Å². The first-order valence-corrected chi connectivity index (χ1v) is 7.64. The molecule has 1 aliphatic heterocycles. The molecule has 0 aliphatic carbocycles. The third-order valence-corrected chi connectivity index (χ3v) is 4.57. The lowest BCUT2D eigenvalue weighted by Gasteiger charge is -2.37. The number of nitrogens with one attached hydrogen (secondary N) is 1. The first kappa shape index (κ1) is 14.0. The zero-order valence-electron chi connectivity index (χ0n) is 11.7. The molecule has 0 unspecified atom stereocenters. The van der Waals surface area contributed by atoms with Gasteiger partial charge in [0.05, 0.1) is 5.01 Å². The fourth-order valence-electron chi connectivity index (χ4n) is 2.50. The summed E-state index contributed by atoms with van der Waals surface area (Å²) >= 11 is 1.83. The smallest absolute Gasteiger partial charge is 0.0896 e. The van der Waals surface area contributed by atoms with E-state index < -0.39 is 0 Å². The molecule has 3 nitrogen and oxygen atoms in total. The van der Waals surface area contributed by atoms with E-state index in [0.717, 1.165) is 39.0 Å². The molecule has 0 spiro atoms. The van der Waals surface area contributed by atoms with Crippen molar-refractivity contribution in [1.29, 1.82) is 0 Å². The minimum atomic E-state index is 0.363. The van der Waals surface area contributed by atoms with E-state index in [1.54, 1.807) is 0 Å². The summed E-state index contributed by atoms with van der Waals surface area (Å²) in [5.74, 6) is 0. The van der Waals surface area contributed by atoms with Crippen molar-refractivity contribution in [3.8, 4) is 0 Å². The minimum absolute atomic E-state index is 0.363. The lowest BCUT2D eigenvalue weighted by atomic mass is 9.76. The second kappa shape index (κ2) is 6.13. The molecule has 0 saturated carbocycles. The fraction of sp³-hybridized carbons (Fsp3) is 0.786. The lowest BCUT2D eigenvalue weighted by Crippen LogP contribution is -2.42. The average Bonchev–Trinajstić information content (AvgIpc) is 2.73. The summed E-state index contributed by atoms with van der Waals surface area (Å²) in [7, 11) is 0. The highest BCUT2D eigenvalue weighted by Gasteiger charge is 2.33. The van der Waals surface area contributed by atoms with Crippen LogP contribution in [0.3, 0.4) is 0 Å². The van der Waals surface area contributed by atoms with Gasteiger partial charge in [0.15, 0.2) is 0 Å². The molecular weight excluding hydrogens is 244 g/mol. The van der Waals surface area contributed by atoms with Gasteiger partial charge in [-0.25, -0.2) is 4.98 Å². The quantitative estimate of drug-likeness (QED) is 0.891. The number of ether oxygens (including phenoxy) is 1. The van der Waals surface area contributed by atoms with Crippen molar-refractivity contribution in [1.82, 2.24) is 10.3 Å². The number of thiazole rings is 1. The second-order valence-electron chi connectivity index (χ2n) is 5.67. The van der Waals surface area contributed by atoms with Gasteiger partial charge in [0.1, 0.15) is 0 Å². The van der Waals surface area contributed by atoms with Crippen LogP contribution >= 0.6 is 11.3 Å². The third-order valence-electron chi connectivity index (χ3n) is 3.66. The Balaban J connectivity index is 2.03. The Bertz CT molecular complexity index is 370. The number of aryl methyl sites for hydroxylation is 1. The number of rotatable bonds is 5. The van der Waals surface area contributed by atoms with E-state index in [2.05, 4.69) is 31.1 Å². The van der Waals surface area contributed by atoms with Crippen LogP contribution in [0.15, 0.2) is 6.20 Å². The van der Waals surface area contributed by atoms with Gasteiger partial charge in [-0.05, 0) is 31.6 Å². The van der Waals surface area contributed by atoms with E-state index in [9.17, 15) is 0 Å². The number of hydrogen-bond acceptors (Lipinski definition) is 4. The SMILES string of the molecule is Cc1ncc(CC2(CNC(C)C)CCOCC2)s1. The predicted molar refractivity (Wildman–Crippen MR) is 76.2 cm³/mol. The molecule has 0 bridgehead atoms. The lowest BCUT2D eigenvalue weighted by molar-refractivity contribution is 0.0144. The highest BCUT2D eigenvalue weighted by molar-refractivity contribution is 7.11. The van der Waals surface area contributed by atoms with Gasteiger partial charge in [0, 0.05) is 36.9 Å². The maximum atomic E-state index is 5.53. The molecule has 18 heavy (non-hydrogen) atoms. The zero-order chi connectivity index (χ0) is 13.0. The van der Waals surface area contributed by atoms with Crippen molar-refractivity contribution < 1.29 is 4.74 Å². The molecular formula is C14H24N2OS. The van der Waals surface area contributed by atoms with Crippen LogP contribution in [0, 0.1) is 12.3 Å². The van der Waals surface area contributed by atoms with Gasteiger partial charge in [-0.1, -0.05) is 13.8 Å². The Morgan fingerprint density at radius 2 is 2.17 bits per heavy atom. The first-order chi connectivity index (χ1) is 8.60. The van der Waals surface area contributed by atoms with E-state index in [-0.39, 0.29) is 0 Å². The molecule has 0 aromatic carbocycles. The van der Waals surface area contributed by atoms with Crippen molar-refractivity contribution in [2.24, 2.45) is 5.41 Å². The van der Waals surface area contributed by atoms with Crippen molar-refractivity contribution in [3.63, 3.8) is 0 Å². The third kappa shape index (κ3) is 3.77. The molecule has 0 radical (unpaired) electrons. The summed E-state index contributed by atoms with van der Waals surface area (Å²) in [5, 5.41) is 4.78. The Kier molecular flexibility index (Phi) is 4.76. The Morgan fingerprint density at radius 3 is 2.72 bits per heavy atom. The van der Waals surface area contributed by atoms with Crippen molar-refractivity contribution in [3.05, 3.63) is 16.1 Å². The normalized spacial score (nSPS) is 19.3. The molecule has 1 aliphatic rings. The van der Waals surface area contributed by atoms with E-state index in [4.69, 9.17) is 4.74 Å². The van der Waals surface area contributed by atoms with Crippen LogP contribution in [0.25, 0.3) is 0 Å². The standard InChI is InChI=1S/C14H24N2OS/c1-11(2)16-10-14(4-6-17-7-5-14)8-13-9-15-12(3)18-13/h9,11,16H,4-8,10H2,1-3H3. The van der Waals surface area contributed by atoms with E-state index in [1.807, 2.05) is 17.5 Å². The summed E-state index contributed by atoms with van der Waals surface area (Å²) in [6, 6.07) is 0.549. The summed E-state index contributed by atoms with van der Waals surface area (Å²) in [4.78, 5) is 5.79. The van der Waals surface area contributed by atoms with Crippen LogP contribution < -0.4 is 5.32 Å². The van der Waals surface area contributed by atoms with Crippen molar-refractivity contribution in [2.45, 2.75) is 46.1 Å². The highest BCUT2D eigenvalue weighted by atomic mass is 32.1. The molecule has 1 aromatic rings. The molecule has 2 rings (SSSR count). The van der Waals surface area contributed by atoms with Crippen LogP contribution in [0.2, 0.25) is 0 Å². The number of hydrogen-bond donors (Lipinski definition) is 1. The van der Waals surface area contributed by atoms with Crippen molar-refractivity contribution in [2.75, 3.05) is 19.8 Å². The molecule has 102 valence electrons. The maximum Gasteiger partial charge on any atom is 0.0896 e. The minimum Gasteiger partial charge on any atom is -0.381 e. The molecule has 1 saturated heterocycles. The molecule has 1 fully saturated rings. The summed E-state index contributed by atoms with van der Waals surface area (Å²) in [6.07, 6.45) is 5.50. The van der Waals surface area contributed by atoms with Gasteiger partial charge in [-0.2, -0.15) is 0 Å². The van der Waals surface area contributed by atoms with Crippen molar-refractivity contribution >= 4 is 11.3 Å². The second-order valence-corrected chi connectivity index (χ2v) is 6.99. The topological polar surface area (TPSA) is 34.2 Å². The molecule has 0 amide bonds. The Morgan fingerprint density at radius 1 is 1.44 bits per heavy atom. The van der Waals surface area contributed by atoms with Gasteiger partial charge in [-0.15, -0.1) is 11.3 Å². The molecule has 4 heteroatoms. The molecule has 1 aromatic heterocycles. The molecule has 1 N–H and O–H groups in total. The highest BCUT2D eigenvalue weighted by Crippen LogP contribution is 2.35. The van der Waals surface area contributed by atoms with Crippen LogP contribution in [-0.2, 0) is 11.2 Å². The summed E-state index contributed by atoms with van der Waals surface area (Å²) in [6.45, 7) is 9.39. The first-order valence-electron chi connectivity index (χ1n) is 6.82. The Hall–Kier alpha value is -0.450. The van der Waals surface area contributed by atoms with Crippen LogP contribution in [0.4, 0.5) is 0 Å². The van der Waals surface area contributed by atoms with Gasteiger partial charge >= 0.3 is 0 Å². The van der Waals surface area contributed by atoms with Gasteiger partial charge in [-0.3, -0.25) is 0 Å². The summed E-state index contributed by atoms with van der Waals surface area (Å²) in [5.41, 5.74) is 0.363. The predicted octanol–water partition coefficient (Wildman–Crippen LogP) is 2.79. The number of aromatic nitrogens is 1. The van der Waals surface area contributed by atoms with Crippen LogP contribution in [0.1, 0.15) is 36.6 Å². The van der Waals surface area contributed by atoms with Gasteiger partial charge in [0.25, 0.3) is 0 Å². The van der Waals surface area contributed by atoms with Gasteiger partial charge < -0.3 is 10.1 Å². The van der Waals surface area contributed by atoms with Crippen LogP contribution in [0.5, 0.6) is 0 Å². The average molecular weight is 268 g/mol. The van der Waals surface area contributed by atoms with E-state index in [1.165, 1.54) is 9.88 Å². The summed E-state index contributed by atoms with van der Waals surface area (Å²) < 4.78 is 5.53. The monoisotopic (exact) mass is 268 g/mol. The fourth-order valence-corrected chi connectivity index (χ4v) is 3.47. The van der Waals surface area contributed by atoms with E-state index in [0.29, 0.717) is 11.5 Å². The molecule has 0 atom stereocenters. The zero-order valence-corrected chi connectivity index (χ0v) is 12.5. The maximum absolute atomic E-state index is 5.53. The van der Waals surface area contributed by atoms with E-state index >= 15 is 0 Å². The van der Waals surface area contributed by atoms with Gasteiger partial charge in [0.2, 0.25) is 0 Å². The molecule has 2 heterocycles. The largest absolute Gasteiger partial charge is 0.381 e.